The molecule has 5 nitrogen and oxygen atoms in total. The number of hydrogen-bond acceptors (Lipinski definition) is 3. The largest absolute Gasteiger partial charge is 0.238 e. The van der Waals surface area contributed by atoms with E-state index in [4.69, 9.17) is 5.14 Å². The lowest BCUT2D eigenvalue weighted by Gasteiger charge is -2.08. The highest BCUT2D eigenvalue weighted by atomic mass is 32.2. The maximum Gasteiger partial charge on any atom is 0.238 e. The smallest absolute Gasteiger partial charge is 0.233 e. The highest BCUT2D eigenvalue weighted by Gasteiger charge is 2.10. The van der Waals surface area contributed by atoms with Crippen LogP contribution in [0.5, 0.6) is 0 Å². The first kappa shape index (κ1) is 13.5. The molecule has 6 heteroatoms. The highest BCUT2D eigenvalue weighted by molar-refractivity contribution is 7.89. The Morgan fingerprint density at radius 3 is 2.19 bits per heavy atom. The molecule has 0 bridgehead atoms. The third-order valence-corrected chi connectivity index (χ3v) is 4.05. The van der Waals surface area contributed by atoms with E-state index in [-0.39, 0.29) is 4.90 Å². The molecule has 21 heavy (non-hydrogen) atoms. The fourth-order valence-electron chi connectivity index (χ4n) is 2.11. The molecular formula is C15H13N3O2S. The first-order valence-corrected chi connectivity index (χ1v) is 7.83. The van der Waals surface area contributed by atoms with E-state index in [0.717, 1.165) is 16.9 Å². The molecule has 0 fully saturated rings. The normalized spacial score (nSPS) is 11.5. The first-order chi connectivity index (χ1) is 10.1. The Kier molecular flexibility index (Phi) is 3.32. The van der Waals surface area contributed by atoms with Crippen molar-refractivity contribution in [1.29, 1.82) is 0 Å². The van der Waals surface area contributed by atoms with Crippen molar-refractivity contribution < 1.29 is 8.42 Å². The second-order valence-electron chi connectivity index (χ2n) is 4.53. The van der Waals surface area contributed by atoms with Crippen molar-refractivity contribution in [1.82, 2.24) is 9.78 Å². The van der Waals surface area contributed by atoms with Gasteiger partial charge in [-0.3, -0.25) is 0 Å². The number of aromatic nitrogens is 2. The van der Waals surface area contributed by atoms with Gasteiger partial charge in [0.15, 0.2) is 0 Å². The van der Waals surface area contributed by atoms with Gasteiger partial charge in [0.1, 0.15) is 0 Å². The summed E-state index contributed by atoms with van der Waals surface area (Å²) < 4.78 is 24.3. The second-order valence-corrected chi connectivity index (χ2v) is 6.09. The molecule has 0 saturated carbocycles. The summed E-state index contributed by atoms with van der Waals surface area (Å²) in [6.45, 7) is 0. The Balaban J connectivity index is 2.05. The first-order valence-electron chi connectivity index (χ1n) is 6.28. The number of rotatable bonds is 3. The van der Waals surface area contributed by atoms with Gasteiger partial charge in [0.25, 0.3) is 0 Å². The topological polar surface area (TPSA) is 78.0 Å². The molecule has 3 aromatic rings. The summed E-state index contributed by atoms with van der Waals surface area (Å²) >= 11 is 0. The Labute approximate surface area is 122 Å². The molecule has 0 aliphatic carbocycles. The minimum absolute atomic E-state index is 0.0830. The molecule has 1 heterocycles. The molecule has 2 N–H and O–H groups in total. The van der Waals surface area contributed by atoms with Crippen LogP contribution < -0.4 is 5.14 Å². The van der Waals surface area contributed by atoms with Crippen LogP contribution in [0, 0.1) is 0 Å². The molecule has 106 valence electrons. The van der Waals surface area contributed by atoms with Gasteiger partial charge in [-0.15, -0.1) is 0 Å². The van der Waals surface area contributed by atoms with E-state index in [1.807, 2.05) is 36.4 Å². The van der Waals surface area contributed by atoms with Gasteiger partial charge in [0.05, 0.1) is 22.5 Å². The zero-order valence-electron chi connectivity index (χ0n) is 11.0. The van der Waals surface area contributed by atoms with E-state index < -0.39 is 10.0 Å². The van der Waals surface area contributed by atoms with Gasteiger partial charge in [-0.2, -0.15) is 5.10 Å². The SMILES string of the molecule is NS(=O)(=O)c1ccc(-n2nccc2-c2ccccc2)cc1. The maximum absolute atomic E-state index is 11.3. The summed E-state index contributed by atoms with van der Waals surface area (Å²) in [5.74, 6) is 0. The molecule has 2 aromatic carbocycles. The van der Waals surface area contributed by atoms with Gasteiger partial charge in [-0.05, 0) is 30.3 Å². The summed E-state index contributed by atoms with van der Waals surface area (Å²) in [6.07, 6.45) is 1.70. The van der Waals surface area contributed by atoms with Crippen LogP contribution in [0.25, 0.3) is 16.9 Å². The zero-order valence-corrected chi connectivity index (χ0v) is 11.9. The van der Waals surface area contributed by atoms with Gasteiger partial charge in [0.2, 0.25) is 10.0 Å². The van der Waals surface area contributed by atoms with Crippen molar-refractivity contribution in [2.75, 3.05) is 0 Å². The number of sulfonamides is 1. The number of hydrogen-bond donors (Lipinski definition) is 1. The van der Waals surface area contributed by atoms with Gasteiger partial charge >= 0.3 is 0 Å². The average Bonchev–Trinajstić information content (AvgIpc) is 2.97. The second kappa shape index (κ2) is 5.16. The predicted molar refractivity (Wildman–Crippen MR) is 80.4 cm³/mol. The van der Waals surface area contributed by atoms with Crippen LogP contribution in [0.15, 0.2) is 71.8 Å². The van der Waals surface area contributed by atoms with Crippen molar-refractivity contribution in [3.05, 3.63) is 66.9 Å². The van der Waals surface area contributed by atoms with Gasteiger partial charge in [0, 0.05) is 5.56 Å². The molecule has 0 radical (unpaired) electrons. The van der Waals surface area contributed by atoms with Crippen molar-refractivity contribution in [3.63, 3.8) is 0 Å². The lowest BCUT2D eigenvalue weighted by molar-refractivity contribution is 0.598. The van der Waals surface area contributed by atoms with E-state index in [0.29, 0.717) is 0 Å². The van der Waals surface area contributed by atoms with Crippen molar-refractivity contribution in [2.24, 2.45) is 5.14 Å². The van der Waals surface area contributed by atoms with Crippen LogP contribution in [0.4, 0.5) is 0 Å². The molecule has 1 aromatic heterocycles. The third kappa shape index (κ3) is 2.72. The summed E-state index contributed by atoms with van der Waals surface area (Å²) in [4.78, 5) is 0.0830. The molecule has 0 spiro atoms. The number of benzene rings is 2. The maximum atomic E-state index is 11.3. The highest BCUT2D eigenvalue weighted by Crippen LogP contribution is 2.22. The van der Waals surface area contributed by atoms with Crippen molar-refractivity contribution >= 4 is 10.0 Å². The van der Waals surface area contributed by atoms with Crippen LogP contribution in [-0.4, -0.2) is 18.2 Å². The predicted octanol–water partition coefficient (Wildman–Crippen LogP) is 2.19. The fourth-order valence-corrected chi connectivity index (χ4v) is 2.63. The molecule has 0 unspecified atom stereocenters. The minimum Gasteiger partial charge on any atom is -0.233 e. The summed E-state index contributed by atoms with van der Waals surface area (Å²) in [6, 6.07) is 18.1. The Bertz CT molecular complexity index is 853. The van der Waals surface area contributed by atoms with Gasteiger partial charge in [-0.25, -0.2) is 18.2 Å². The molecule has 0 aliphatic heterocycles. The van der Waals surface area contributed by atoms with Crippen LogP contribution >= 0.6 is 0 Å². The van der Waals surface area contributed by atoms with Gasteiger partial charge in [-0.1, -0.05) is 30.3 Å². The Morgan fingerprint density at radius 2 is 1.57 bits per heavy atom. The standard InChI is InChI=1S/C15H13N3O2S/c16-21(19,20)14-8-6-13(7-9-14)18-15(10-11-17-18)12-4-2-1-3-5-12/h1-11H,(H2,16,19,20). The van der Waals surface area contributed by atoms with Crippen LogP contribution in [-0.2, 0) is 10.0 Å². The van der Waals surface area contributed by atoms with E-state index in [1.165, 1.54) is 12.1 Å². The molecule has 0 amide bonds. The molecule has 3 rings (SSSR count). The van der Waals surface area contributed by atoms with E-state index in [1.54, 1.807) is 23.0 Å². The number of nitrogens with zero attached hydrogens (tertiary/aromatic N) is 2. The van der Waals surface area contributed by atoms with E-state index in [2.05, 4.69) is 5.10 Å². The van der Waals surface area contributed by atoms with Crippen LogP contribution in [0.2, 0.25) is 0 Å². The summed E-state index contributed by atoms with van der Waals surface area (Å²) in [5.41, 5.74) is 2.73. The third-order valence-electron chi connectivity index (χ3n) is 3.12. The lowest BCUT2D eigenvalue weighted by Crippen LogP contribution is -2.12. The van der Waals surface area contributed by atoms with Crippen LogP contribution in [0.3, 0.4) is 0 Å². The van der Waals surface area contributed by atoms with Crippen LogP contribution in [0.1, 0.15) is 0 Å². The van der Waals surface area contributed by atoms with Gasteiger partial charge < -0.3 is 0 Å². The zero-order chi connectivity index (χ0) is 14.9. The quantitative estimate of drug-likeness (QED) is 0.805. The molecule has 0 atom stereocenters. The Hall–Kier alpha value is -2.44. The summed E-state index contributed by atoms with van der Waals surface area (Å²) in [5, 5.41) is 9.39. The van der Waals surface area contributed by atoms with Crippen molar-refractivity contribution in [3.8, 4) is 16.9 Å². The molecular weight excluding hydrogens is 286 g/mol. The Morgan fingerprint density at radius 1 is 0.905 bits per heavy atom. The van der Waals surface area contributed by atoms with E-state index in [9.17, 15) is 8.42 Å². The lowest BCUT2D eigenvalue weighted by atomic mass is 10.1. The summed E-state index contributed by atoms with van der Waals surface area (Å²) in [7, 11) is -3.68. The molecule has 0 saturated heterocycles. The molecule has 0 aliphatic rings. The average molecular weight is 299 g/mol. The minimum atomic E-state index is -3.68. The fraction of sp³-hybridized carbons (Fsp3) is 0. The number of primary sulfonamides is 1. The monoisotopic (exact) mass is 299 g/mol. The number of nitrogens with two attached hydrogens (primary N) is 1. The van der Waals surface area contributed by atoms with E-state index >= 15 is 0 Å². The van der Waals surface area contributed by atoms with Crippen molar-refractivity contribution in [2.45, 2.75) is 4.90 Å².